The Morgan fingerprint density at radius 2 is 2.05 bits per heavy atom. The number of nitrogens with one attached hydrogen (secondary N) is 1. The highest BCUT2D eigenvalue weighted by Crippen LogP contribution is 2.41. The first-order chi connectivity index (χ1) is 9.67. The van der Waals surface area contributed by atoms with E-state index in [2.05, 4.69) is 5.32 Å². The van der Waals surface area contributed by atoms with Gasteiger partial charge in [-0.15, -0.1) is 0 Å². The molecule has 1 saturated carbocycles. The molecule has 0 aromatic heterocycles. The number of ether oxygens (including phenoxy) is 1. The number of halogens is 2. The van der Waals surface area contributed by atoms with E-state index in [1.165, 1.54) is 44.6 Å². The molecular formula is C16H21ClFNO. The number of hydrogen-bond acceptors (Lipinski definition) is 2. The van der Waals surface area contributed by atoms with Gasteiger partial charge in [0.15, 0.2) is 0 Å². The van der Waals surface area contributed by atoms with Gasteiger partial charge in [0, 0.05) is 12.2 Å². The van der Waals surface area contributed by atoms with Crippen molar-refractivity contribution in [1.82, 2.24) is 0 Å². The molecule has 1 spiro atoms. The van der Waals surface area contributed by atoms with Crippen molar-refractivity contribution in [3.63, 3.8) is 0 Å². The zero-order valence-corrected chi connectivity index (χ0v) is 12.4. The zero-order chi connectivity index (χ0) is 14.0. The maximum Gasteiger partial charge on any atom is 0.141 e. The monoisotopic (exact) mass is 297 g/mol. The van der Waals surface area contributed by atoms with E-state index < -0.39 is 0 Å². The summed E-state index contributed by atoms with van der Waals surface area (Å²) in [6.07, 6.45) is 8.93. The second-order valence-corrected chi connectivity index (χ2v) is 6.44. The Kier molecular flexibility index (Phi) is 4.18. The Morgan fingerprint density at radius 3 is 2.80 bits per heavy atom. The summed E-state index contributed by atoms with van der Waals surface area (Å²) in [5.41, 5.74) is 1.01. The van der Waals surface area contributed by atoms with Crippen molar-refractivity contribution < 1.29 is 9.13 Å². The van der Waals surface area contributed by atoms with Crippen molar-refractivity contribution in [2.75, 3.05) is 11.9 Å². The molecule has 2 fully saturated rings. The topological polar surface area (TPSA) is 21.3 Å². The third kappa shape index (κ3) is 3.09. The van der Waals surface area contributed by atoms with Crippen molar-refractivity contribution >= 4 is 17.3 Å². The van der Waals surface area contributed by atoms with Gasteiger partial charge in [-0.2, -0.15) is 0 Å². The minimum Gasteiger partial charge on any atom is -0.382 e. The van der Waals surface area contributed by atoms with Crippen molar-refractivity contribution in [2.24, 2.45) is 0 Å². The molecule has 2 aliphatic rings. The van der Waals surface area contributed by atoms with Gasteiger partial charge in [-0.3, -0.25) is 0 Å². The van der Waals surface area contributed by atoms with Crippen molar-refractivity contribution in [3.8, 4) is 0 Å². The predicted octanol–water partition coefficient (Wildman–Crippen LogP) is 4.77. The van der Waals surface area contributed by atoms with Gasteiger partial charge < -0.3 is 10.1 Å². The standard InChI is InChI=1S/C16H21ClFNO/c17-14-10-12(4-5-15(14)18)19-11-13-6-9-16(20-13)7-2-1-3-8-16/h4-5,10,13,19H,1-3,6-9,11H2. The first-order valence-corrected chi connectivity index (χ1v) is 7.91. The van der Waals surface area contributed by atoms with Crippen LogP contribution < -0.4 is 5.32 Å². The van der Waals surface area contributed by atoms with Gasteiger partial charge >= 0.3 is 0 Å². The van der Waals surface area contributed by atoms with Crippen molar-refractivity contribution in [1.29, 1.82) is 0 Å². The third-order valence-corrected chi connectivity index (χ3v) is 4.85. The molecule has 1 saturated heterocycles. The Bertz CT molecular complexity index is 474. The fraction of sp³-hybridized carbons (Fsp3) is 0.625. The van der Waals surface area contributed by atoms with Crippen LogP contribution in [0.15, 0.2) is 18.2 Å². The van der Waals surface area contributed by atoms with Gasteiger partial charge in [-0.25, -0.2) is 4.39 Å². The average Bonchev–Trinajstić information content (AvgIpc) is 2.84. The van der Waals surface area contributed by atoms with Gasteiger partial charge in [-0.1, -0.05) is 30.9 Å². The Hall–Kier alpha value is -0.800. The van der Waals surface area contributed by atoms with Crippen LogP contribution in [0.25, 0.3) is 0 Å². The molecule has 0 bridgehead atoms. The van der Waals surface area contributed by atoms with Crippen LogP contribution in [0.5, 0.6) is 0 Å². The highest BCUT2D eigenvalue weighted by Gasteiger charge is 2.40. The van der Waals surface area contributed by atoms with Crippen LogP contribution >= 0.6 is 11.6 Å². The highest BCUT2D eigenvalue weighted by molar-refractivity contribution is 6.31. The minimum atomic E-state index is -0.379. The van der Waals surface area contributed by atoms with Crippen LogP contribution in [-0.4, -0.2) is 18.2 Å². The van der Waals surface area contributed by atoms with Gasteiger partial charge in [0.2, 0.25) is 0 Å². The van der Waals surface area contributed by atoms with Gasteiger partial charge in [0.05, 0.1) is 16.7 Å². The van der Waals surface area contributed by atoms with Crippen LogP contribution in [0, 0.1) is 5.82 Å². The van der Waals surface area contributed by atoms with E-state index in [0.717, 1.165) is 18.7 Å². The number of anilines is 1. The van der Waals surface area contributed by atoms with Gasteiger partial charge in [0.1, 0.15) is 5.82 Å². The Morgan fingerprint density at radius 1 is 1.25 bits per heavy atom. The zero-order valence-electron chi connectivity index (χ0n) is 11.6. The lowest BCUT2D eigenvalue weighted by molar-refractivity contribution is -0.0588. The van der Waals surface area contributed by atoms with E-state index in [4.69, 9.17) is 16.3 Å². The quantitative estimate of drug-likeness (QED) is 0.867. The molecule has 1 aliphatic heterocycles. The Balaban J connectivity index is 1.53. The summed E-state index contributed by atoms with van der Waals surface area (Å²) in [7, 11) is 0. The fourth-order valence-corrected chi connectivity index (χ4v) is 3.62. The van der Waals surface area contributed by atoms with Gasteiger partial charge in [0.25, 0.3) is 0 Å². The van der Waals surface area contributed by atoms with Crippen LogP contribution in [0.4, 0.5) is 10.1 Å². The van der Waals surface area contributed by atoms with E-state index in [9.17, 15) is 4.39 Å². The lowest BCUT2D eigenvalue weighted by Crippen LogP contribution is -2.33. The Labute approximate surface area is 124 Å². The summed E-state index contributed by atoms with van der Waals surface area (Å²) in [5.74, 6) is -0.379. The molecular weight excluding hydrogens is 277 g/mol. The predicted molar refractivity (Wildman–Crippen MR) is 79.8 cm³/mol. The molecule has 20 heavy (non-hydrogen) atoms. The van der Waals surface area contributed by atoms with Crippen LogP contribution in [0.1, 0.15) is 44.9 Å². The van der Waals surface area contributed by atoms with Crippen LogP contribution in [0.3, 0.4) is 0 Å². The molecule has 1 unspecified atom stereocenters. The SMILES string of the molecule is Fc1ccc(NCC2CCC3(CCCCC3)O2)cc1Cl. The third-order valence-electron chi connectivity index (χ3n) is 4.56. The molecule has 1 aromatic carbocycles. The first-order valence-electron chi connectivity index (χ1n) is 7.54. The summed E-state index contributed by atoms with van der Waals surface area (Å²) in [4.78, 5) is 0. The van der Waals surface area contributed by atoms with E-state index >= 15 is 0 Å². The van der Waals surface area contributed by atoms with Crippen molar-refractivity contribution in [3.05, 3.63) is 29.0 Å². The fourth-order valence-electron chi connectivity index (χ4n) is 3.44. The van der Waals surface area contributed by atoms with E-state index in [1.807, 2.05) is 0 Å². The summed E-state index contributed by atoms with van der Waals surface area (Å²) in [5, 5.41) is 3.46. The molecule has 1 N–H and O–H groups in total. The van der Waals surface area contributed by atoms with E-state index in [-0.39, 0.29) is 22.5 Å². The average molecular weight is 298 g/mol. The summed E-state index contributed by atoms with van der Waals surface area (Å²) >= 11 is 5.78. The second kappa shape index (κ2) is 5.90. The van der Waals surface area contributed by atoms with Gasteiger partial charge in [-0.05, 0) is 43.9 Å². The highest BCUT2D eigenvalue weighted by atomic mass is 35.5. The summed E-state index contributed by atoms with van der Waals surface area (Å²) in [6.45, 7) is 0.768. The molecule has 3 rings (SSSR count). The summed E-state index contributed by atoms with van der Waals surface area (Å²) < 4.78 is 19.4. The number of rotatable bonds is 3. The number of benzene rings is 1. The van der Waals surface area contributed by atoms with Crippen LogP contribution in [-0.2, 0) is 4.74 Å². The van der Waals surface area contributed by atoms with E-state index in [0.29, 0.717) is 0 Å². The largest absolute Gasteiger partial charge is 0.382 e. The van der Waals surface area contributed by atoms with Crippen LogP contribution in [0.2, 0.25) is 5.02 Å². The maximum atomic E-state index is 13.1. The molecule has 1 heterocycles. The summed E-state index contributed by atoms with van der Waals surface area (Å²) in [6, 6.07) is 4.73. The molecule has 4 heteroatoms. The minimum absolute atomic E-state index is 0.158. The lowest BCUT2D eigenvalue weighted by atomic mass is 9.83. The molecule has 110 valence electrons. The molecule has 0 amide bonds. The number of hydrogen-bond donors (Lipinski definition) is 1. The maximum absolute atomic E-state index is 13.1. The smallest absolute Gasteiger partial charge is 0.141 e. The van der Waals surface area contributed by atoms with E-state index in [1.54, 1.807) is 12.1 Å². The first kappa shape index (κ1) is 14.2. The van der Waals surface area contributed by atoms with Crippen molar-refractivity contribution in [2.45, 2.75) is 56.7 Å². The molecule has 1 aromatic rings. The second-order valence-electron chi connectivity index (χ2n) is 6.03. The lowest BCUT2D eigenvalue weighted by Gasteiger charge is -2.33. The molecule has 2 nitrogen and oxygen atoms in total. The molecule has 1 aliphatic carbocycles. The molecule has 0 radical (unpaired) electrons. The normalized spacial score (nSPS) is 25.0. The molecule has 1 atom stereocenters.